The van der Waals surface area contributed by atoms with E-state index in [9.17, 15) is 4.79 Å². The summed E-state index contributed by atoms with van der Waals surface area (Å²) < 4.78 is 9.36. The van der Waals surface area contributed by atoms with Crippen LogP contribution in [0.15, 0.2) is 23.0 Å². The maximum absolute atomic E-state index is 12.0. The van der Waals surface area contributed by atoms with Gasteiger partial charge in [0, 0.05) is 20.7 Å². The van der Waals surface area contributed by atoms with Crippen molar-refractivity contribution < 1.29 is 4.74 Å². The monoisotopic (exact) mass is 289 g/mol. The van der Waals surface area contributed by atoms with E-state index in [1.54, 1.807) is 16.2 Å². The van der Waals surface area contributed by atoms with Gasteiger partial charge in [-0.05, 0) is 44.5 Å². The summed E-state index contributed by atoms with van der Waals surface area (Å²) in [6, 6.07) is 6.34. The van der Waals surface area contributed by atoms with Crippen molar-refractivity contribution >= 4 is 11.0 Å². The number of aromatic nitrogens is 2. The molecule has 1 saturated heterocycles. The Labute approximate surface area is 124 Å². The second kappa shape index (κ2) is 5.00. The molecule has 0 saturated carbocycles. The van der Waals surface area contributed by atoms with Crippen molar-refractivity contribution in [3.63, 3.8) is 0 Å². The van der Waals surface area contributed by atoms with Crippen molar-refractivity contribution in [1.29, 1.82) is 0 Å². The Hall–Kier alpha value is -1.59. The highest BCUT2D eigenvalue weighted by Crippen LogP contribution is 2.37. The van der Waals surface area contributed by atoms with E-state index in [4.69, 9.17) is 4.74 Å². The minimum absolute atomic E-state index is 0.00601. The fourth-order valence-electron chi connectivity index (χ4n) is 3.56. The van der Waals surface area contributed by atoms with Gasteiger partial charge in [-0.3, -0.25) is 9.13 Å². The number of aryl methyl sites for hydroxylation is 2. The normalized spacial score (nSPS) is 23.8. The number of hydrogen-bond donors (Lipinski definition) is 1. The molecule has 5 nitrogen and oxygen atoms in total. The lowest BCUT2D eigenvalue weighted by molar-refractivity contribution is -0.0104. The predicted octanol–water partition coefficient (Wildman–Crippen LogP) is 1.71. The smallest absolute Gasteiger partial charge is 0.328 e. The molecule has 2 atom stereocenters. The van der Waals surface area contributed by atoms with E-state index < -0.39 is 0 Å². The van der Waals surface area contributed by atoms with Gasteiger partial charge in [0.1, 0.15) is 0 Å². The standard InChI is InChI=1S/C16H23N3O2/c1-16(8-5-9-21-16)14(17-2)11-6-7-12-13(10-11)19(4)15(20)18(12)3/h6-7,10,14,17H,5,8-9H2,1-4H3. The molecule has 0 bridgehead atoms. The molecular weight excluding hydrogens is 266 g/mol. The summed E-state index contributed by atoms with van der Waals surface area (Å²) in [4.78, 5) is 12.0. The van der Waals surface area contributed by atoms with E-state index in [1.165, 1.54) is 0 Å². The van der Waals surface area contributed by atoms with Crippen LogP contribution in [0.5, 0.6) is 0 Å². The Kier molecular flexibility index (Phi) is 3.42. The van der Waals surface area contributed by atoms with Gasteiger partial charge in [-0.25, -0.2) is 4.79 Å². The molecule has 0 radical (unpaired) electrons. The number of hydrogen-bond acceptors (Lipinski definition) is 3. The molecular formula is C16H23N3O2. The molecule has 114 valence electrons. The maximum Gasteiger partial charge on any atom is 0.328 e. The van der Waals surface area contributed by atoms with Crippen molar-refractivity contribution in [2.24, 2.45) is 14.1 Å². The molecule has 0 aliphatic carbocycles. The Morgan fingerprint density at radius 2 is 2.00 bits per heavy atom. The molecule has 2 unspecified atom stereocenters. The average molecular weight is 289 g/mol. The van der Waals surface area contributed by atoms with Crippen LogP contribution in [0.4, 0.5) is 0 Å². The third-order valence-electron chi connectivity index (χ3n) is 4.78. The molecule has 2 heterocycles. The summed E-state index contributed by atoms with van der Waals surface area (Å²) in [5.74, 6) is 0. The number of imidazole rings is 1. The van der Waals surface area contributed by atoms with Crippen LogP contribution in [0.3, 0.4) is 0 Å². The molecule has 2 aromatic rings. The first-order valence-corrected chi connectivity index (χ1v) is 7.44. The van der Waals surface area contributed by atoms with E-state index in [0.29, 0.717) is 0 Å². The van der Waals surface area contributed by atoms with Gasteiger partial charge < -0.3 is 10.1 Å². The molecule has 21 heavy (non-hydrogen) atoms. The Balaban J connectivity index is 2.11. The topological polar surface area (TPSA) is 48.2 Å². The van der Waals surface area contributed by atoms with Crippen LogP contribution in [0.1, 0.15) is 31.4 Å². The fraction of sp³-hybridized carbons (Fsp3) is 0.562. The first-order valence-electron chi connectivity index (χ1n) is 7.44. The zero-order valence-electron chi connectivity index (χ0n) is 13.1. The lowest BCUT2D eigenvalue weighted by atomic mass is 9.87. The van der Waals surface area contributed by atoms with E-state index in [-0.39, 0.29) is 17.3 Å². The minimum atomic E-state index is -0.184. The Morgan fingerprint density at radius 3 is 2.62 bits per heavy atom. The van der Waals surface area contributed by atoms with E-state index in [0.717, 1.165) is 36.0 Å². The first kappa shape index (κ1) is 14.4. The third kappa shape index (κ3) is 2.12. The number of nitrogens with zero attached hydrogens (tertiary/aromatic N) is 2. The molecule has 5 heteroatoms. The maximum atomic E-state index is 12.0. The number of rotatable bonds is 3. The molecule has 1 N–H and O–H groups in total. The van der Waals surface area contributed by atoms with Crippen LogP contribution in [0, 0.1) is 0 Å². The highest BCUT2D eigenvalue weighted by Gasteiger charge is 2.38. The van der Waals surface area contributed by atoms with Gasteiger partial charge in [-0.2, -0.15) is 0 Å². The number of benzene rings is 1. The number of likely N-dealkylation sites (N-methyl/N-ethyl adjacent to an activating group) is 1. The summed E-state index contributed by atoms with van der Waals surface area (Å²) in [5, 5.41) is 3.39. The second-order valence-electron chi connectivity index (χ2n) is 6.14. The van der Waals surface area contributed by atoms with Gasteiger partial charge in [0.15, 0.2) is 0 Å². The summed E-state index contributed by atoms with van der Waals surface area (Å²) >= 11 is 0. The summed E-state index contributed by atoms with van der Waals surface area (Å²) in [6.45, 7) is 2.98. The van der Waals surface area contributed by atoms with Crippen LogP contribution in [-0.2, 0) is 18.8 Å². The number of fused-ring (bicyclic) bond motifs is 1. The molecule has 1 aromatic heterocycles. The zero-order valence-corrected chi connectivity index (χ0v) is 13.1. The fourth-order valence-corrected chi connectivity index (χ4v) is 3.56. The molecule has 0 amide bonds. The highest BCUT2D eigenvalue weighted by atomic mass is 16.5. The highest BCUT2D eigenvalue weighted by molar-refractivity contribution is 5.77. The quantitative estimate of drug-likeness (QED) is 0.935. The van der Waals surface area contributed by atoms with Gasteiger partial charge in [-0.15, -0.1) is 0 Å². The summed E-state index contributed by atoms with van der Waals surface area (Å²) in [6.07, 6.45) is 2.14. The molecule has 1 aliphatic heterocycles. The lowest BCUT2D eigenvalue weighted by Gasteiger charge is -2.33. The van der Waals surface area contributed by atoms with Gasteiger partial charge in [0.2, 0.25) is 0 Å². The third-order valence-corrected chi connectivity index (χ3v) is 4.78. The lowest BCUT2D eigenvalue weighted by Crippen LogP contribution is -2.39. The second-order valence-corrected chi connectivity index (χ2v) is 6.14. The van der Waals surface area contributed by atoms with Gasteiger partial charge in [0.25, 0.3) is 0 Å². The van der Waals surface area contributed by atoms with E-state index in [2.05, 4.69) is 24.4 Å². The van der Waals surface area contributed by atoms with Gasteiger partial charge in [0.05, 0.1) is 22.7 Å². The van der Waals surface area contributed by atoms with E-state index >= 15 is 0 Å². The Bertz CT molecular complexity index is 723. The largest absolute Gasteiger partial charge is 0.373 e. The zero-order chi connectivity index (χ0) is 15.2. The van der Waals surface area contributed by atoms with Crippen LogP contribution in [0.2, 0.25) is 0 Å². The molecule has 0 spiro atoms. The van der Waals surface area contributed by atoms with Crippen molar-refractivity contribution in [2.75, 3.05) is 13.7 Å². The van der Waals surface area contributed by atoms with Crippen LogP contribution < -0.4 is 11.0 Å². The average Bonchev–Trinajstić information content (AvgIpc) is 3.00. The minimum Gasteiger partial charge on any atom is -0.373 e. The molecule has 1 aromatic carbocycles. The van der Waals surface area contributed by atoms with Crippen molar-refractivity contribution in [3.8, 4) is 0 Å². The summed E-state index contributed by atoms with van der Waals surface area (Å²) in [7, 11) is 5.59. The number of nitrogens with one attached hydrogen (secondary N) is 1. The van der Waals surface area contributed by atoms with Crippen molar-refractivity contribution in [1.82, 2.24) is 14.5 Å². The molecule has 1 fully saturated rings. The molecule has 1 aliphatic rings. The van der Waals surface area contributed by atoms with E-state index in [1.807, 2.05) is 20.2 Å². The van der Waals surface area contributed by atoms with Crippen LogP contribution in [-0.4, -0.2) is 28.4 Å². The van der Waals surface area contributed by atoms with Crippen LogP contribution >= 0.6 is 0 Å². The molecule has 3 rings (SSSR count). The predicted molar refractivity (Wildman–Crippen MR) is 83.6 cm³/mol. The SMILES string of the molecule is CNC(c1ccc2c(c1)n(C)c(=O)n2C)C1(C)CCCO1. The number of ether oxygens (including phenoxy) is 1. The Morgan fingerprint density at radius 1 is 1.29 bits per heavy atom. The first-order chi connectivity index (χ1) is 9.98. The van der Waals surface area contributed by atoms with Gasteiger partial charge in [-0.1, -0.05) is 6.07 Å². The van der Waals surface area contributed by atoms with Crippen molar-refractivity contribution in [3.05, 3.63) is 34.2 Å². The van der Waals surface area contributed by atoms with Crippen LogP contribution in [0.25, 0.3) is 11.0 Å². The van der Waals surface area contributed by atoms with Gasteiger partial charge >= 0.3 is 5.69 Å². The summed E-state index contributed by atoms with van der Waals surface area (Å²) in [5.41, 5.74) is 2.90. The van der Waals surface area contributed by atoms with Crippen molar-refractivity contribution in [2.45, 2.75) is 31.4 Å².